The molecule has 0 aliphatic carbocycles. The molecule has 0 spiro atoms. The van der Waals surface area contributed by atoms with Crippen molar-refractivity contribution in [1.29, 1.82) is 0 Å². The Kier molecular flexibility index (Phi) is 9.08. The molecular formula is C27H30N4O6S. The van der Waals surface area contributed by atoms with Crippen LogP contribution in [0.3, 0.4) is 0 Å². The van der Waals surface area contributed by atoms with Crippen molar-refractivity contribution in [3.63, 3.8) is 0 Å². The van der Waals surface area contributed by atoms with Gasteiger partial charge in [-0.1, -0.05) is 29.8 Å². The maximum absolute atomic E-state index is 13.7. The van der Waals surface area contributed by atoms with Gasteiger partial charge >= 0.3 is 0 Å². The lowest BCUT2D eigenvalue weighted by molar-refractivity contribution is -0.119. The molecule has 0 bridgehead atoms. The molecule has 2 amide bonds. The number of sulfonamides is 1. The van der Waals surface area contributed by atoms with E-state index < -0.39 is 22.5 Å². The molecule has 11 heteroatoms. The second-order valence-electron chi connectivity index (χ2n) is 8.36. The number of hydrogen-bond acceptors (Lipinski definition) is 7. The van der Waals surface area contributed by atoms with Gasteiger partial charge in [0.2, 0.25) is 5.91 Å². The molecule has 0 aromatic heterocycles. The number of amides is 2. The summed E-state index contributed by atoms with van der Waals surface area (Å²) in [5.74, 6) is -0.212. The molecule has 3 aromatic carbocycles. The van der Waals surface area contributed by atoms with Gasteiger partial charge in [-0.3, -0.25) is 13.9 Å². The van der Waals surface area contributed by atoms with Crippen molar-refractivity contribution in [2.45, 2.75) is 25.7 Å². The number of benzene rings is 3. The number of hydrogen-bond donors (Lipinski definition) is 2. The number of carbonyl (C=O) groups excluding carboxylic acids is 2. The monoisotopic (exact) mass is 538 g/mol. The van der Waals surface area contributed by atoms with Gasteiger partial charge in [0.1, 0.15) is 18.0 Å². The molecule has 0 aliphatic rings. The van der Waals surface area contributed by atoms with Crippen LogP contribution in [0, 0.1) is 6.92 Å². The number of aryl methyl sites for hydroxylation is 1. The number of rotatable bonds is 10. The van der Waals surface area contributed by atoms with Crippen LogP contribution in [0.5, 0.6) is 11.5 Å². The Hall–Kier alpha value is -4.38. The first-order chi connectivity index (χ1) is 18.0. The normalized spacial score (nSPS) is 11.4. The fourth-order valence-corrected chi connectivity index (χ4v) is 4.96. The average molecular weight is 539 g/mol. The van der Waals surface area contributed by atoms with Crippen molar-refractivity contribution in [2.75, 3.05) is 30.4 Å². The molecule has 0 saturated heterocycles. The number of nitrogens with zero attached hydrogens (tertiary/aromatic N) is 2. The summed E-state index contributed by atoms with van der Waals surface area (Å²) in [6.07, 6.45) is 0. The Bertz CT molecular complexity index is 1450. The number of carbonyl (C=O) groups is 2. The summed E-state index contributed by atoms with van der Waals surface area (Å²) in [5.41, 5.74) is 5.18. The van der Waals surface area contributed by atoms with Crippen LogP contribution in [0.1, 0.15) is 25.0 Å². The number of anilines is 2. The van der Waals surface area contributed by atoms with Crippen LogP contribution in [-0.2, 0) is 19.6 Å². The molecule has 3 aromatic rings. The minimum Gasteiger partial charge on any atom is -0.497 e. The SMILES string of the molecule is COc1ccc(N(CC(=O)N/N=C(/C)c2cccc(NC(C)=O)c2)S(=O)(=O)c2ccc(C)cc2)c(OC)c1. The highest BCUT2D eigenvalue weighted by molar-refractivity contribution is 7.92. The van der Waals surface area contributed by atoms with Gasteiger partial charge in [0.15, 0.2) is 0 Å². The Morgan fingerprint density at radius 2 is 1.66 bits per heavy atom. The molecule has 0 atom stereocenters. The van der Waals surface area contributed by atoms with Gasteiger partial charge in [-0.25, -0.2) is 13.8 Å². The molecule has 38 heavy (non-hydrogen) atoms. The predicted molar refractivity (Wildman–Crippen MR) is 146 cm³/mol. The second-order valence-corrected chi connectivity index (χ2v) is 10.2. The van der Waals surface area contributed by atoms with Crippen LogP contribution in [0.25, 0.3) is 0 Å². The second kappa shape index (κ2) is 12.2. The Labute approximate surface area is 222 Å². The van der Waals surface area contributed by atoms with Crippen LogP contribution >= 0.6 is 0 Å². The van der Waals surface area contributed by atoms with Crippen molar-refractivity contribution < 1.29 is 27.5 Å². The Balaban J connectivity index is 1.92. The number of hydrazone groups is 1. The molecule has 0 fully saturated rings. The van der Waals surface area contributed by atoms with Crippen molar-refractivity contribution in [3.8, 4) is 11.5 Å². The van der Waals surface area contributed by atoms with E-state index >= 15 is 0 Å². The van der Waals surface area contributed by atoms with E-state index in [4.69, 9.17) is 9.47 Å². The third kappa shape index (κ3) is 6.88. The predicted octanol–water partition coefficient (Wildman–Crippen LogP) is 3.71. The van der Waals surface area contributed by atoms with Crippen LogP contribution < -0.4 is 24.5 Å². The number of nitrogens with one attached hydrogen (secondary N) is 2. The number of methoxy groups -OCH3 is 2. The van der Waals surface area contributed by atoms with E-state index in [1.54, 1.807) is 49.4 Å². The first-order valence-corrected chi connectivity index (χ1v) is 13.0. The summed E-state index contributed by atoms with van der Waals surface area (Å²) in [7, 11) is -1.28. The molecule has 3 rings (SSSR count). The van der Waals surface area contributed by atoms with E-state index in [9.17, 15) is 18.0 Å². The smallest absolute Gasteiger partial charge is 0.264 e. The van der Waals surface area contributed by atoms with E-state index in [1.807, 2.05) is 6.92 Å². The zero-order valence-corrected chi connectivity index (χ0v) is 22.6. The van der Waals surface area contributed by atoms with Crippen LogP contribution in [0.15, 0.2) is 76.7 Å². The quantitative estimate of drug-likeness (QED) is 0.299. The molecular weight excluding hydrogens is 508 g/mol. The molecule has 200 valence electrons. The van der Waals surface area contributed by atoms with Crippen molar-refractivity contribution in [3.05, 3.63) is 77.9 Å². The van der Waals surface area contributed by atoms with Crippen molar-refractivity contribution >= 4 is 38.9 Å². The molecule has 0 heterocycles. The highest BCUT2D eigenvalue weighted by Gasteiger charge is 2.29. The van der Waals surface area contributed by atoms with E-state index in [0.717, 1.165) is 9.87 Å². The van der Waals surface area contributed by atoms with Crippen molar-refractivity contribution in [2.24, 2.45) is 5.10 Å². The van der Waals surface area contributed by atoms with Gasteiger partial charge in [0.25, 0.3) is 15.9 Å². The molecule has 0 saturated carbocycles. The summed E-state index contributed by atoms with van der Waals surface area (Å²) in [6, 6.07) is 17.9. The van der Waals surface area contributed by atoms with Gasteiger partial charge in [0.05, 0.1) is 30.5 Å². The molecule has 10 nitrogen and oxygen atoms in total. The summed E-state index contributed by atoms with van der Waals surface area (Å²) >= 11 is 0. The van der Waals surface area contributed by atoms with Crippen LogP contribution in [0.2, 0.25) is 0 Å². The summed E-state index contributed by atoms with van der Waals surface area (Å²) in [5, 5.41) is 6.82. The summed E-state index contributed by atoms with van der Waals surface area (Å²) in [6.45, 7) is 4.37. The van der Waals surface area contributed by atoms with E-state index in [1.165, 1.54) is 45.4 Å². The average Bonchev–Trinajstić information content (AvgIpc) is 2.90. The van der Waals surface area contributed by atoms with E-state index in [0.29, 0.717) is 22.7 Å². The largest absolute Gasteiger partial charge is 0.497 e. The fraction of sp³-hybridized carbons (Fsp3) is 0.222. The highest BCUT2D eigenvalue weighted by Crippen LogP contribution is 2.35. The van der Waals surface area contributed by atoms with E-state index in [2.05, 4.69) is 15.8 Å². The maximum Gasteiger partial charge on any atom is 0.264 e. The lowest BCUT2D eigenvalue weighted by atomic mass is 10.1. The standard InChI is InChI=1S/C27H30N4O6S/c1-18-9-12-24(13-10-18)38(34,35)31(25-14-11-23(36-4)16-26(25)37-5)17-27(33)30-29-19(2)21-7-6-8-22(15-21)28-20(3)32/h6-16H,17H2,1-5H3,(H,28,32)(H,30,33)/b29-19-. The Morgan fingerprint density at radius 3 is 2.29 bits per heavy atom. The van der Waals surface area contributed by atoms with Crippen LogP contribution in [0.4, 0.5) is 11.4 Å². The zero-order chi connectivity index (χ0) is 27.9. The first kappa shape index (κ1) is 28.2. The molecule has 0 radical (unpaired) electrons. The minimum absolute atomic E-state index is 0.0169. The van der Waals surface area contributed by atoms with Gasteiger partial charge in [0, 0.05) is 18.7 Å². The number of ether oxygens (including phenoxy) is 2. The Morgan fingerprint density at radius 1 is 0.947 bits per heavy atom. The molecule has 0 aliphatic heterocycles. The summed E-state index contributed by atoms with van der Waals surface area (Å²) in [4.78, 5) is 24.3. The third-order valence-electron chi connectivity index (χ3n) is 5.50. The lowest BCUT2D eigenvalue weighted by Gasteiger charge is -2.25. The van der Waals surface area contributed by atoms with E-state index in [-0.39, 0.29) is 22.2 Å². The lowest BCUT2D eigenvalue weighted by Crippen LogP contribution is -2.40. The fourth-order valence-electron chi connectivity index (χ4n) is 3.53. The van der Waals surface area contributed by atoms with Crippen LogP contribution in [-0.4, -0.2) is 46.7 Å². The van der Waals surface area contributed by atoms with Gasteiger partial charge in [-0.15, -0.1) is 0 Å². The molecule has 0 unspecified atom stereocenters. The molecule has 2 N–H and O–H groups in total. The van der Waals surface area contributed by atoms with Gasteiger partial charge in [-0.2, -0.15) is 5.10 Å². The van der Waals surface area contributed by atoms with Crippen molar-refractivity contribution in [1.82, 2.24) is 5.43 Å². The highest BCUT2D eigenvalue weighted by atomic mass is 32.2. The van der Waals surface area contributed by atoms with Gasteiger partial charge in [-0.05, 0) is 55.8 Å². The minimum atomic E-state index is -4.16. The maximum atomic E-state index is 13.7. The first-order valence-electron chi connectivity index (χ1n) is 11.6. The zero-order valence-electron chi connectivity index (χ0n) is 21.8. The van der Waals surface area contributed by atoms with Gasteiger partial charge < -0.3 is 14.8 Å². The summed E-state index contributed by atoms with van der Waals surface area (Å²) < 4.78 is 39.0. The topological polar surface area (TPSA) is 126 Å². The third-order valence-corrected chi connectivity index (χ3v) is 7.27.